The van der Waals surface area contributed by atoms with Crippen LogP contribution in [-0.4, -0.2) is 10.1 Å². The lowest BCUT2D eigenvalue weighted by Crippen LogP contribution is -3.65. The zero-order valence-corrected chi connectivity index (χ0v) is 32.7. The Morgan fingerprint density at radius 1 is 0.339 bits per heavy atom. The number of alkyl halides is 1. The molecule has 22 heteroatoms. The lowest BCUT2D eigenvalue weighted by atomic mass is 9.12. The lowest BCUT2D eigenvalue weighted by Gasteiger charge is -2.44. The quantitative estimate of drug-likeness (QED) is 0.0394. The molecule has 0 saturated carbocycles. The second kappa shape index (κ2) is 18.2. The van der Waals surface area contributed by atoms with Crippen LogP contribution < -0.4 is 43.1 Å². The molecule has 0 aromatic heterocycles. The van der Waals surface area contributed by atoms with Gasteiger partial charge in [0.1, 0.15) is 52.7 Å². The van der Waals surface area contributed by atoms with E-state index < -0.39 is 144 Å². The minimum atomic E-state index is -7.22. The highest BCUT2D eigenvalue weighted by Gasteiger charge is 2.52. The van der Waals surface area contributed by atoms with Crippen molar-refractivity contribution in [3.8, 4) is 0 Å². The van der Waals surface area contributed by atoms with Crippen LogP contribution in [0.5, 0.6) is 0 Å². The summed E-state index contributed by atoms with van der Waals surface area (Å²) in [5.74, 6) is -71.4. The van der Waals surface area contributed by atoms with Crippen molar-refractivity contribution in [2.45, 2.75) is 24.2 Å². The summed E-state index contributed by atoms with van der Waals surface area (Å²) in [4.78, 5) is 0. The minimum absolute atomic E-state index is 0.147. The van der Waals surface area contributed by atoms with Gasteiger partial charge in [0.25, 0.3) is 0 Å². The molecule has 62 heavy (non-hydrogen) atoms. The number of hydrogen-bond acceptors (Lipinski definition) is 0. The molecule has 0 atom stereocenters. The lowest BCUT2D eigenvalue weighted by molar-refractivity contribution is -0.656. The van der Waals surface area contributed by atoms with Gasteiger partial charge in [-0.25, -0.2) is 87.8 Å². The number of rotatable bonds is 8. The third kappa shape index (κ3) is 7.86. The minimum Gasteiger partial charge on any atom is -0.207 e. The van der Waals surface area contributed by atoms with E-state index in [0.717, 1.165) is 10.3 Å². The van der Waals surface area contributed by atoms with E-state index >= 15 is 35.1 Å². The molecule has 0 nitrogen and oxygen atoms in total. The summed E-state index contributed by atoms with van der Waals surface area (Å²) in [6.07, 6.45) is -6.14. The SMILES string of the molecule is CC(C)[I+]c1ccccc1Cc1ccccc1.Fc1c(F)c(F)c([B-](c2c(F)c(F)c(F)c(F)c2F)(c2c(F)c(F)c(F)c(F)c2F)c2c(F)c(F)c(F)c(F)c2F)c(F)c1F. The van der Waals surface area contributed by atoms with E-state index in [1.165, 1.54) is 11.1 Å². The van der Waals surface area contributed by atoms with E-state index in [1.807, 2.05) is 0 Å². The highest BCUT2D eigenvalue weighted by molar-refractivity contribution is 7.20. The van der Waals surface area contributed by atoms with Gasteiger partial charge in [0.05, 0.1) is 0 Å². The number of benzene rings is 6. The molecule has 0 amide bonds. The van der Waals surface area contributed by atoms with Crippen molar-refractivity contribution in [2.24, 2.45) is 0 Å². The van der Waals surface area contributed by atoms with Crippen LogP contribution in [-0.2, 0) is 6.42 Å². The number of halogens is 21. The third-order valence-corrected chi connectivity index (χ3v) is 12.2. The first-order valence-corrected chi connectivity index (χ1v) is 19.3. The predicted molar refractivity (Wildman–Crippen MR) is 179 cm³/mol. The van der Waals surface area contributed by atoms with Crippen molar-refractivity contribution in [2.75, 3.05) is 0 Å². The Morgan fingerprint density at radius 3 is 0.855 bits per heavy atom. The Bertz CT molecular complexity index is 2340. The highest BCUT2D eigenvalue weighted by Crippen LogP contribution is 2.30. The van der Waals surface area contributed by atoms with Gasteiger partial charge in [0.15, 0.2) is 77.3 Å². The molecule has 6 rings (SSSR count). The maximum absolute atomic E-state index is 15.4. The molecule has 6 aromatic carbocycles. The van der Waals surface area contributed by atoms with E-state index in [2.05, 4.69) is 68.4 Å². The first-order valence-electron chi connectivity index (χ1n) is 16.9. The van der Waals surface area contributed by atoms with Crippen molar-refractivity contribution >= 4 is 28.0 Å². The normalized spacial score (nSPS) is 11.7. The van der Waals surface area contributed by atoms with E-state index in [4.69, 9.17) is 0 Å². The maximum Gasteiger partial charge on any atom is 0.316 e. The third-order valence-electron chi connectivity index (χ3n) is 9.24. The van der Waals surface area contributed by atoms with Crippen molar-refractivity contribution in [3.05, 3.63) is 186 Å². The van der Waals surface area contributed by atoms with Crippen molar-refractivity contribution in [3.63, 3.8) is 0 Å². The molecule has 0 heterocycles. The average Bonchev–Trinajstić information content (AvgIpc) is 3.24. The van der Waals surface area contributed by atoms with E-state index in [-0.39, 0.29) is 21.2 Å². The molecule has 0 fully saturated rings. The van der Waals surface area contributed by atoms with Gasteiger partial charge in [-0.2, -0.15) is 0 Å². The summed E-state index contributed by atoms with van der Waals surface area (Å²) in [5, 5.41) is 0. The van der Waals surface area contributed by atoms with Crippen LogP contribution in [0.1, 0.15) is 25.0 Å². The van der Waals surface area contributed by atoms with Crippen LogP contribution in [0.2, 0.25) is 0 Å². The second-order valence-corrected chi connectivity index (χ2v) is 17.5. The summed E-state index contributed by atoms with van der Waals surface area (Å²) in [5.41, 5.74) is -11.4. The monoisotopic (exact) mass is 1020 g/mol. The Labute approximate surface area is 346 Å². The van der Waals surface area contributed by atoms with Gasteiger partial charge in [0, 0.05) is 12.0 Å². The van der Waals surface area contributed by atoms with Crippen LogP contribution in [0.3, 0.4) is 0 Å². The van der Waals surface area contributed by atoms with Crippen molar-refractivity contribution in [1.82, 2.24) is 0 Å². The van der Waals surface area contributed by atoms with Gasteiger partial charge < -0.3 is 0 Å². The van der Waals surface area contributed by atoms with Gasteiger partial charge in [-0.1, -0.05) is 48.5 Å². The van der Waals surface area contributed by atoms with Gasteiger partial charge in [-0.15, -0.1) is 21.9 Å². The first-order chi connectivity index (χ1) is 29.0. The molecule has 0 bridgehead atoms. The Hall–Kier alpha value is -5.29. The Balaban J connectivity index is 0.000000355. The first kappa shape index (κ1) is 47.8. The van der Waals surface area contributed by atoms with E-state index in [1.54, 1.807) is 3.57 Å². The molecule has 0 unspecified atom stereocenters. The standard InChI is InChI=1S/C24BF20.C16H18I/c26-5-1(6(27)14(35)21(42)13(5)34)25(2-7(28)15(36)22(43)16(37)8(2)29,3-9(30)17(38)23(44)18(39)10(3)31)4-11(32)19(40)24(45)20(41)12(4)33;1-13(2)17-16-11-7-6-10-15(16)12-14-8-4-3-5-9-14/h;3-11,13H,12H2,1-2H3/q-1;+1. The smallest absolute Gasteiger partial charge is 0.207 e. The summed E-state index contributed by atoms with van der Waals surface area (Å²) >= 11 is 0.147. The molecular weight excluding hydrogens is 998 g/mol. The van der Waals surface area contributed by atoms with Crippen molar-refractivity contribution in [1.29, 1.82) is 0 Å². The topological polar surface area (TPSA) is 0 Å². The fourth-order valence-electron chi connectivity index (χ4n) is 6.67. The molecule has 0 aliphatic rings. The Kier molecular flexibility index (Phi) is 14.0. The van der Waals surface area contributed by atoms with E-state index in [0.29, 0.717) is 0 Å². The molecule has 0 aliphatic heterocycles. The average molecular weight is 1020 g/mol. The van der Waals surface area contributed by atoms with Crippen molar-refractivity contribution < 1.29 is 109 Å². The summed E-state index contributed by atoms with van der Waals surface area (Å²) in [7, 11) is 0. The summed E-state index contributed by atoms with van der Waals surface area (Å²) < 4.78 is 296. The Morgan fingerprint density at radius 2 is 0.581 bits per heavy atom. The molecule has 0 saturated heterocycles. The zero-order chi connectivity index (χ0) is 46.4. The number of hydrogen-bond donors (Lipinski definition) is 0. The molecule has 6 aromatic rings. The maximum atomic E-state index is 15.4. The molecule has 0 radical (unpaired) electrons. The zero-order valence-electron chi connectivity index (χ0n) is 30.5. The molecule has 0 aliphatic carbocycles. The molecule has 0 N–H and O–H groups in total. The molecule has 0 spiro atoms. The highest BCUT2D eigenvalue weighted by atomic mass is 127. The second-order valence-electron chi connectivity index (χ2n) is 13.2. The largest absolute Gasteiger partial charge is 0.316 e. The fourth-order valence-corrected chi connectivity index (χ4v) is 9.20. The molecule has 328 valence electrons. The molecular formula is C40H18BF20I. The van der Waals surface area contributed by atoms with Gasteiger partial charge in [0.2, 0.25) is 0 Å². The van der Waals surface area contributed by atoms with Crippen LogP contribution in [0, 0.1) is 120 Å². The summed E-state index contributed by atoms with van der Waals surface area (Å²) in [6, 6.07) is 19.7. The summed E-state index contributed by atoms with van der Waals surface area (Å²) in [6.45, 7) is 4.65. The predicted octanol–water partition coefficient (Wildman–Crippen LogP) is 6.79. The van der Waals surface area contributed by atoms with Gasteiger partial charge in [-0.3, -0.25) is 0 Å². The fraction of sp³-hybridized carbons (Fsp3) is 0.100. The van der Waals surface area contributed by atoms with Crippen LogP contribution in [0.4, 0.5) is 87.8 Å². The van der Waals surface area contributed by atoms with Crippen LogP contribution in [0.15, 0.2) is 54.6 Å². The van der Waals surface area contributed by atoms with Gasteiger partial charge >= 0.3 is 21.2 Å². The van der Waals surface area contributed by atoms with Crippen LogP contribution in [0.25, 0.3) is 0 Å². The van der Waals surface area contributed by atoms with Crippen LogP contribution >= 0.6 is 0 Å². The van der Waals surface area contributed by atoms with Gasteiger partial charge in [-0.05, 0) is 25.5 Å². The van der Waals surface area contributed by atoms with E-state index in [9.17, 15) is 52.7 Å².